The van der Waals surface area contributed by atoms with Gasteiger partial charge in [0.05, 0.1) is 12.8 Å². The summed E-state index contributed by atoms with van der Waals surface area (Å²) in [5.74, 6) is -0.384. The van der Waals surface area contributed by atoms with Gasteiger partial charge in [-0.3, -0.25) is 0 Å². The fraction of sp³-hybridized carbons (Fsp3) is 0.286. The third-order valence-corrected chi connectivity index (χ3v) is 2.79. The van der Waals surface area contributed by atoms with Crippen molar-refractivity contribution in [2.75, 3.05) is 6.61 Å². The van der Waals surface area contributed by atoms with Crippen molar-refractivity contribution in [3.05, 3.63) is 42.5 Å². The lowest BCUT2D eigenvalue weighted by Crippen LogP contribution is -2.37. The number of aromatic nitrogens is 3. The van der Waals surface area contributed by atoms with Gasteiger partial charge in [-0.15, -0.1) is 5.10 Å². The highest BCUT2D eigenvalue weighted by atomic mass is 19.4. The molecule has 0 aromatic carbocycles. The van der Waals surface area contributed by atoms with Crippen molar-refractivity contribution in [2.24, 2.45) is 0 Å². The van der Waals surface area contributed by atoms with Gasteiger partial charge in [0.2, 0.25) is 6.54 Å². The Bertz CT molecular complexity index is 657. The highest BCUT2D eigenvalue weighted by Crippen LogP contribution is 2.29. The molecule has 0 fully saturated rings. The number of esters is 1. The first kappa shape index (κ1) is 15.9. The molecule has 0 aliphatic carbocycles. The molecule has 0 atom stereocenters. The van der Waals surface area contributed by atoms with E-state index < -0.39 is 11.9 Å². The van der Waals surface area contributed by atoms with Gasteiger partial charge in [-0.25, -0.2) is 4.79 Å². The summed E-state index contributed by atoms with van der Waals surface area (Å²) in [5.41, 5.74) is -0.209. The van der Waals surface area contributed by atoms with E-state index in [4.69, 9.17) is 4.74 Å². The van der Waals surface area contributed by atoms with E-state index in [0.29, 0.717) is 17.7 Å². The molecule has 0 saturated heterocycles. The Morgan fingerprint density at radius 2 is 1.95 bits per heavy atom. The molecule has 0 aliphatic rings. The van der Waals surface area contributed by atoms with E-state index in [0.717, 1.165) is 6.07 Å². The van der Waals surface area contributed by atoms with E-state index in [1.54, 1.807) is 36.0 Å². The van der Waals surface area contributed by atoms with E-state index in [2.05, 4.69) is 10.2 Å². The summed E-state index contributed by atoms with van der Waals surface area (Å²) < 4.78 is 44.2. The van der Waals surface area contributed by atoms with Crippen LogP contribution in [0.4, 0.5) is 13.2 Å². The van der Waals surface area contributed by atoms with Gasteiger partial charge in [-0.2, -0.15) is 22.8 Å². The third-order valence-electron chi connectivity index (χ3n) is 2.79. The average Bonchev–Trinajstić information content (AvgIpc) is 2.47. The second-order valence-electron chi connectivity index (χ2n) is 4.39. The van der Waals surface area contributed by atoms with Crippen molar-refractivity contribution in [1.29, 1.82) is 0 Å². The number of nitrogens with zero attached hydrogens (tertiary/aromatic N) is 3. The lowest BCUT2D eigenvalue weighted by atomic mass is 10.1. The van der Waals surface area contributed by atoms with E-state index in [1.807, 2.05) is 0 Å². The molecule has 2 aromatic heterocycles. The van der Waals surface area contributed by atoms with Crippen molar-refractivity contribution in [1.82, 2.24) is 10.2 Å². The van der Waals surface area contributed by atoms with Gasteiger partial charge in [0.1, 0.15) is 0 Å². The normalized spacial score (nSPS) is 11.3. The van der Waals surface area contributed by atoms with Gasteiger partial charge in [0, 0.05) is 17.7 Å². The molecule has 0 unspecified atom stereocenters. The number of pyridine rings is 1. The first-order valence-electron chi connectivity index (χ1n) is 6.45. The summed E-state index contributed by atoms with van der Waals surface area (Å²) in [5, 5.41) is 6.44. The van der Waals surface area contributed by atoms with Crippen LogP contribution in [0.3, 0.4) is 0 Å². The molecule has 2 rings (SSSR count). The zero-order valence-corrected chi connectivity index (χ0v) is 11.7. The Labute approximate surface area is 124 Å². The van der Waals surface area contributed by atoms with E-state index in [9.17, 15) is 18.0 Å². The van der Waals surface area contributed by atoms with Crippen LogP contribution in [0.5, 0.6) is 0 Å². The molecule has 2 aromatic rings. The first-order chi connectivity index (χ1) is 10.4. The maximum absolute atomic E-state index is 12.6. The van der Waals surface area contributed by atoms with Crippen LogP contribution in [-0.4, -0.2) is 22.8 Å². The van der Waals surface area contributed by atoms with E-state index in [-0.39, 0.29) is 12.5 Å². The highest BCUT2D eigenvalue weighted by Gasteiger charge is 2.33. The Hall–Kier alpha value is -2.51. The fourth-order valence-electron chi connectivity index (χ4n) is 1.77. The summed E-state index contributed by atoms with van der Waals surface area (Å²) in [4.78, 5) is 11.3. The number of alkyl halides is 3. The summed E-state index contributed by atoms with van der Waals surface area (Å²) in [7, 11) is 0. The molecule has 2 heterocycles. The Kier molecular flexibility index (Phi) is 4.69. The highest BCUT2D eigenvalue weighted by molar-refractivity contribution is 5.67. The number of halogens is 3. The maximum Gasteiger partial charge on any atom is 0.435 e. The van der Waals surface area contributed by atoms with Crippen LogP contribution in [0.25, 0.3) is 11.1 Å². The molecule has 0 amide bonds. The Morgan fingerprint density at radius 1 is 1.27 bits per heavy atom. The van der Waals surface area contributed by atoms with Gasteiger partial charge in [-0.05, 0) is 18.6 Å². The molecule has 116 valence electrons. The smallest absolute Gasteiger partial charge is 0.435 e. The van der Waals surface area contributed by atoms with Gasteiger partial charge in [0.15, 0.2) is 18.1 Å². The lowest BCUT2D eigenvalue weighted by Gasteiger charge is -2.06. The van der Waals surface area contributed by atoms with Crippen LogP contribution < -0.4 is 4.57 Å². The number of hydrogen-bond acceptors (Lipinski definition) is 4. The minimum absolute atomic E-state index is 0.0382. The quantitative estimate of drug-likeness (QED) is 0.640. The minimum Gasteiger partial charge on any atom is -0.461 e. The monoisotopic (exact) mass is 312 g/mol. The number of rotatable bonds is 4. The molecular weight excluding hydrogens is 299 g/mol. The van der Waals surface area contributed by atoms with Crippen LogP contribution in [0, 0.1) is 0 Å². The Morgan fingerprint density at radius 3 is 2.55 bits per heavy atom. The summed E-state index contributed by atoms with van der Waals surface area (Å²) >= 11 is 0. The van der Waals surface area contributed by atoms with E-state index >= 15 is 0 Å². The van der Waals surface area contributed by atoms with Crippen molar-refractivity contribution in [3.63, 3.8) is 0 Å². The zero-order chi connectivity index (χ0) is 16.2. The van der Waals surface area contributed by atoms with Crippen LogP contribution in [0.2, 0.25) is 0 Å². The zero-order valence-electron chi connectivity index (χ0n) is 11.7. The molecule has 0 saturated carbocycles. The molecule has 8 heteroatoms. The molecule has 0 spiro atoms. The van der Waals surface area contributed by atoms with Gasteiger partial charge in [0.25, 0.3) is 0 Å². The van der Waals surface area contributed by atoms with Gasteiger partial charge < -0.3 is 4.74 Å². The van der Waals surface area contributed by atoms with Crippen molar-refractivity contribution in [3.8, 4) is 11.1 Å². The number of ether oxygens (including phenoxy) is 1. The molecule has 0 radical (unpaired) electrons. The van der Waals surface area contributed by atoms with Gasteiger partial charge in [-0.1, -0.05) is 0 Å². The van der Waals surface area contributed by atoms with Crippen molar-refractivity contribution < 1.29 is 27.3 Å². The number of carbonyl (C=O) groups excluding carboxylic acids is 1. The largest absolute Gasteiger partial charge is 0.461 e. The third kappa shape index (κ3) is 4.00. The molecule has 0 bridgehead atoms. The minimum atomic E-state index is -4.54. The van der Waals surface area contributed by atoms with E-state index in [1.165, 1.54) is 6.20 Å². The molecular formula is C14H13F3N3O2+. The van der Waals surface area contributed by atoms with Crippen molar-refractivity contribution in [2.45, 2.75) is 19.6 Å². The van der Waals surface area contributed by atoms with Crippen LogP contribution >= 0.6 is 0 Å². The topological polar surface area (TPSA) is 56.0 Å². The summed E-state index contributed by atoms with van der Waals surface area (Å²) in [6, 6.07) is 4.12. The molecule has 22 heavy (non-hydrogen) atoms. The van der Waals surface area contributed by atoms with Crippen LogP contribution in [-0.2, 0) is 22.3 Å². The lowest BCUT2D eigenvalue weighted by molar-refractivity contribution is -0.685. The average molecular weight is 312 g/mol. The van der Waals surface area contributed by atoms with Crippen molar-refractivity contribution >= 4 is 5.97 Å². The number of carbonyl (C=O) groups is 1. The second-order valence-corrected chi connectivity index (χ2v) is 4.39. The summed E-state index contributed by atoms with van der Waals surface area (Å²) in [6.07, 6.45) is -0.123. The second kappa shape index (κ2) is 6.50. The molecule has 0 N–H and O–H groups in total. The maximum atomic E-state index is 12.6. The number of hydrogen-bond donors (Lipinski definition) is 0. The fourth-order valence-corrected chi connectivity index (χ4v) is 1.77. The Balaban J connectivity index is 2.19. The van der Waals surface area contributed by atoms with Crippen LogP contribution in [0.15, 0.2) is 36.8 Å². The SMILES string of the molecule is CCOC(=O)C[n+]1ccc(-c2cnnc(C(F)(F)F)c2)cc1. The predicted molar refractivity (Wildman–Crippen MR) is 69.3 cm³/mol. The summed E-state index contributed by atoms with van der Waals surface area (Å²) in [6.45, 7) is 2.04. The van der Waals surface area contributed by atoms with Crippen LogP contribution in [0.1, 0.15) is 12.6 Å². The van der Waals surface area contributed by atoms with Gasteiger partial charge >= 0.3 is 12.1 Å². The first-order valence-corrected chi connectivity index (χ1v) is 6.45. The standard InChI is InChI=1S/C14H13F3N3O2/c1-2-22-13(21)9-20-5-3-10(4-6-20)11-7-12(14(15,16)17)19-18-8-11/h3-8H,2,9H2,1H3/q+1. The predicted octanol–water partition coefficient (Wildman–Crippen LogP) is 2.01. The molecule has 0 aliphatic heterocycles. The molecule has 5 nitrogen and oxygen atoms in total.